The van der Waals surface area contributed by atoms with Crippen LogP contribution in [0.4, 0.5) is 0 Å². The molecule has 0 saturated carbocycles. The Balaban J connectivity index is 2.62. The first-order valence-electron chi connectivity index (χ1n) is 5.92. The lowest BCUT2D eigenvalue weighted by atomic mass is 9.98. The van der Waals surface area contributed by atoms with Gasteiger partial charge in [-0.25, -0.2) is 0 Å². The number of halogens is 2. The van der Waals surface area contributed by atoms with Crippen molar-refractivity contribution in [3.8, 4) is 16.9 Å². The first-order chi connectivity index (χ1) is 9.15. The number of methoxy groups -OCH3 is 1. The molecule has 0 aromatic heterocycles. The van der Waals surface area contributed by atoms with Gasteiger partial charge in [-0.05, 0) is 48.5 Å². The molecule has 2 nitrogen and oxygen atoms in total. The molecule has 0 heterocycles. The van der Waals surface area contributed by atoms with Gasteiger partial charge in [-0.2, -0.15) is 0 Å². The maximum atomic E-state index is 6.11. The van der Waals surface area contributed by atoms with Crippen molar-refractivity contribution in [1.29, 1.82) is 0 Å². The lowest BCUT2D eigenvalue weighted by Crippen LogP contribution is -2.06. The standard InChI is InChI=1S/C15H15Cl2NO/c1-18-9-10-3-4-11(16)7-13(10)14-8-12(17)5-6-15(14)19-2/h3-8,18H,9H2,1-2H3. The fourth-order valence-corrected chi connectivity index (χ4v) is 2.38. The molecule has 2 aromatic carbocycles. The summed E-state index contributed by atoms with van der Waals surface area (Å²) in [5.41, 5.74) is 3.12. The highest BCUT2D eigenvalue weighted by atomic mass is 35.5. The molecule has 0 aliphatic carbocycles. The topological polar surface area (TPSA) is 21.3 Å². The van der Waals surface area contributed by atoms with Crippen molar-refractivity contribution in [2.24, 2.45) is 0 Å². The van der Waals surface area contributed by atoms with Gasteiger partial charge in [-0.15, -0.1) is 0 Å². The van der Waals surface area contributed by atoms with E-state index < -0.39 is 0 Å². The molecule has 19 heavy (non-hydrogen) atoms. The van der Waals surface area contributed by atoms with Crippen LogP contribution in [0.1, 0.15) is 5.56 Å². The molecule has 100 valence electrons. The van der Waals surface area contributed by atoms with Gasteiger partial charge in [-0.1, -0.05) is 29.3 Å². The van der Waals surface area contributed by atoms with E-state index in [4.69, 9.17) is 27.9 Å². The van der Waals surface area contributed by atoms with E-state index in [1.807, 2.05) is 43.4 Å². The summed E-state index contributed by atoms with van der Waals surface area (Å²) in [5, 5.41) is 4.51. The van der Waals surface area contributed by atoms with Gasteiger partial charge in [0.05, 0.1) is 7.11 Å². The Morgan fingerprint density at radius 1 is 1.00 bits per heavy atom. The molecule has 0 aliphatic rings. The Hall–Kier alpha value is -1.22. The van der Waals surface area contributed by atoms with E-state index in [-0.39, 0.29) is 0 Å². The van der Waals surface area contributed by atoms with Gasteiger partial charge in [-0.3, -0.25) is 0 Å². The van der Waals surface area contributed by atoms with Crippen molar-refractivity contribution in [2.75, 3.05) is 14.2 Å². The van der Waals surface area contributed by atoms with E-state index in [9.17, 15) is 0 Å². The van der Waals surface area contributed by atoms with Gasteiger partial charge in [0.2, 0.25) is 0 Å². The molecular formula is C15H15Cl2NO. The zero-order chi connectivity index (χ0) is 13.8. The predicted octanol–water partition coefficient (Wildman–Crippen LogP) is 4.39. The Morgan fingerprint density at radius 2 is 1.63 bits per heavy atom. The van der Waals surface area contributed by atoms with Crippen LogP contribution in [0.5, 0.6) is 5.75 Å². The van der Waals surface area contributed by atoms with Crippen LogP contribution in [0.2, 0.25) is 10.0 Å². The average molecular weight is 296 g/mol. The Labute approximate surface area is 123 Å². The van der Waals surface area contributed by atoms with E-state index in [0.717, 1.165) is 29.0 Å². The summed E-state index contributed by atoms with van der Waals surface area (Å²) in [7, 11) is 3.56. The largest absolute Gasteiger partial charge is 0.496 e. The zero-order valence-corrected chi connectivity index (χ0v) is 12.3. The van der Waals surface area contributed by atoms with Crippen LogP contribution in [0.25, 0.3) is 11.1 Å². The van der Waals surface area contributed by atoms with E-state index in [1.165, 1.54) is 0 Å². The fourth-order valence-electron chi connectivity index (χ4n) is 2.03. The van der Waals surface area contributed by atoms with E-state index in [2.05, 4.69) is 5.32 Å². The Morgan fingerprint density at radius 3 is 2.26 bits per heavy atom. The smallest absolute Gasteiger partial charge is 0.126 e. The molecule has 0 fully saturated rings. The fraction of sp³-hybridized carbons (Fsp3) is 0.200. The molecule has 1 N–H and O–H groups in total. The summed E-state index contributed by atoms with van der Waals surface area (Å²) < 4.78 is 5.41. The summed E-state index contributed by atoms with van der Waals surface area (Å²) in [6, 6.07) is 11.4. The van der Waals surface area contributed by atoms with Crippen LogP contribution in [-0.4, -0.2) is 14.2 Å². The molecule has 0 amide bonds. The second-order valence-corrected chi connectivity index (χ2v) is 5.05. The molecule has 0 aliphatic heterocycles. The van der Waals surface area contributed by atoms with Crippen molar-refractivity contribution < 1.29 is 4.74 Å². The number of benzene rings is 2. The van der Waals surface area contributed by atoms with E-state index in [0.29, 0.717) is 10.0 Å². The third kappa shape index (κ3) is 3.21. The summed E-state index contributed by atoms with van der Waals surface area (Å²) >= 11 is 12.2. The van der Waals surface area contributed by atoms with Gasteiger partial charge < -0.3 is 10.1 Å². The molecule has 0 unspecified atom stereocenters. The number of rotatable bonds is 4. The van der Waals surface area contributed by atoms with Crippen molar-refractivity contribution >= 4 is 23.2 Å². The van der Waals surface area contributed by atoms with Crippen molar-refractivity contribution in [2.45, 2.75) is 6.54 Å². The quantitative estimate of drug-likeness (QED) is 0.903. The van der Waals surface area contributed by atoms with Crippen molar-refractivity contribution in [3.63, 3.8) is 0 Å². The molecule has 0 atom stereocenters. The maximum Gasteiger partial charge on any atom is 0.126 e. The molecule has 0 saturated heterocycles. The minimum absolute atomic E-state index is 0.672. The molecule has 2 rings (SSSR count). The molecule has 0 bridgehead atoms. The second kappa shape index (κ2) is 6.29. The maximum absolute atomic E-state index is 6.11. The lowest BCUT2D eigenvalue weighted by Gasteiger charge is -2.14. The normalized spacial score (nSPS) is 10.5. The summed E-state index contributed by atoms with van der Waals surface area (Å²) in [5.74, 6) is 0.781. The molecular weight excluding hydrogens is 281 g/mol. The van der Waals surface area contributed by atoms with Crippen LogP contribution in [0, 0.1) is 0 Å². The minimum atomic E-state index is 0.672. The number of ether oxygens (including phenoxy) is 1. The number of hydrogen-bond donors (Lipinski definition) is 1. The second-order valence-electron chi connectivity index (χ2n) is 4.18. The highest BCUT2D eigenvalue weighted by Gasteiger charge is 2.11. The van der Waals surface area contributed by atoms with Crippen LogP contribution >= 0.6 is 23.2 Å². The molecule has 0 spiro atoms. The summed E-state index contributed by atoms with van der Waals surface area (Å²) in [6.07, 6.45) is 0. The summed E-state index contributed by atoms with van der Waals surface area (Å²) in [4.78, 5) is 0. The van der Waals surface area contributed by atoms with Crippen molar-refractivity contribution in [3.05, 3.63) is 52.0 Å². The van der Waals surface area contributed by atoms with Crippen LogP contribution in [-0.2, 0) is 6.54 Å². The Kier molecular flexibility index (Phi) is 4.70. The van der Waals surface area contributed by atoms with Gasteiger partial charge in [0.25, 0.3) is 0 Å². The zero-order valence-electron chi connectivity index (χ0n) is 10.8. The van der Waals surface area contributed by atoms with Crippen LogP contribution < -0.4 is 10.1 Å². The number of hydrogen-bond acceptors (Lipinski definition) is 2. The SMILES string of the molecule is CNCc1ccc(Cl)cc1-c1cc(Cl)ccc1OC. The lowest BCUT2D eigenvalue weighted by molar-refractivity contribution is 0.416. The van der Waals surface area contributed by atoms with Crippen LogP contribution in [0.3, 0.4) is 0 Å². The highest BCUT2D eigenvalue weighted by molar-refractivity contribution is 6.31. The third-order valence-corrected chi connectivity index (χ3v) is 3.36. The average Bonchev–Trinajstić information content (AvgIpc) is 2.41. The van der Waals surface area contributed by atoms with E-state index in [1.54, 1.807) is 7.11 Å². The van der Waals surface area contributed by atoms with E-state index >= 15 is 0 Å². The monoisotopic (exact) mass is 295 g/mol. The molecule has 4 heteroatoms. The number of nitrogens with one attached hydrogen (secondary N) is 1. The predicted molar refractivity (Wildman–Crippen MR) is 81.2 cm³/mol. The summed E-state index contributed by atoms with van der Waals surface area (Å²) in [6.45, 7) is 0.752. The third-order valence-electron chi connectivity index (χ3n) is 2.89. The van der Waals surface area contributed by atoms with Gasteiger partial charge >= 0.3 is 0 Å². The first kappa shape index (κ1) is 14.2. The molecule has 2 aromatic rings. The minimum Gasteiger partial charge on any atom is -0.496 e. The van der Waals surface area contributed by atoms with Gasteiger partial charge in [0, 0.05) is 22.2 Å². The highest BCUT2D eigenvalue weighted by Crippen LogP contribution is 2.35. The molecule has 0 radical (unpaired) electrons. The van der Waals surface area contributed by atoms with Crippen LogP contribution in [0.15, 0.2) is 36.4 Å². The van der Waals surface area contributed by atoms with Gasteiger partial charge in [0.15, 0.2) is 0 Å². The first-order valence-corrected chi connectivity index (χ1v) is 6.68. The van der Waals surface area contributed by atoms with Crippen molar-refractivity contribution in [1.82, 2.24) is 5.32 Å². The van der Waals surface area contributed by atoms with Gasteiger partial charge in [0.1, 0.15) is 5.75 Å². The Bertz CT molecular complexity index is 584.